The molecule has 0 saturated carbocycles. The lowest BCUT2D eigenvalue weighted by molar-refractivity contribution is 0.393. The van der Waals surface area contributed by atoms with Crippen molar-refractivity contribution >= 4 is 11.1 Å². The number of nitriles is 2. The van der Waals surface area contributed by atoms with Gasteiger partial charge in [-0.3, -0.25) is 0 Å². The van der Waals surface area contributed by atoms with Gasteiger partial charge in [0.2, 0.25) is 0 Å². The third-order valence-electron chi connectivity index (χ3n) is 3.04. The Hall–Kier alpha value is -2.86. The van der Waals surface area contributed by atoms with Gasteiger partial charge in [-0.2, -0.15) is 10.5 Å². The van der Waals surface area contributed by atoms with Crippen LogP contribution in [-0.4, -0.2) is 10.3 Å². The molecule has 20 heavy (non-hydrogen) atoms. The van der Waals surface area contributed by atoms with Crippen molar-refractivity contribution in [2.75, 3.05) is 0 Å². The van der Waals surface area contributed by atoms with Crippen LogP contribution in [0.15, 0.2) is 9.05 Å². The lowest BCUT2D eigenvalue weighted by Gasteiger charge is -2.02. The molecule has 0 aromatic carbocycles. The SMILES string of the molecule is Cc1noc(C)c1C(C#N)=C(C#N)c1c(C)noc1C. The fourth-order valence-electron chi connectivity index (χ4n) is 2.15. The van der Waals surface area contributed by atoms with E-state index >= 15 is 0 Å². The van der Waals surface area contributed by atoms with E-state index in [4.69, 9.17) is 9.05 Å². The Morgan fingerprint density at radius 3 is 1.35 bits per heavy atom. The molecule has 0 unspecified atom stereocenters. The Labute approximate surface area is 115 Å². The molecule has 6 heteroatoms. The number of aromatic nitrogens is 2. The van der Waals surface area contributed by atoms with E-state index in [9.17, 15) is 10.5 Å². The molecule has 0 aliphatic heterocycles. The molecule has 2 aromatic heterocycles. The van der Waals surface area contributed by atoms with E-state index in [1.807, 2.05) is 0 Å². The maximum absolute atomic E-state index is 9.45. The van der Waals surface area contributed by atoms with Crippen LogP contribution in [0.5, 0.6) is 0 Å². The van der Waals surface area contributed by atoms with Gasteiger partial charge in [0.15, 0.2) is 0 Å². The second-order valence-electron chi connectivity index (χ2n) is 4.37. The van der Waals surface area contributed by atoms with E-state index in [1.54, 1.807) is 27.7 Å². The minimum Gasteiger partial charge on any atom is -0.361 e. The Balaban J connectivity index is 2.82. The van der Waals surface area contributed by atoms with Gasteiger partial charge in [-0.25, -0.2) is 0 Å². The first-order valence-electron chi connectivity index (χ1n) is 5.92. The summed E-state index contributed by atoms with van der Waals surface area (Å²) in [6.45, 7) is 6.86. The second-order valence-corrected chi connectivity index (χ2v) is 4.37. The zero-order valence-electron chi connectivity index (χ0n) is 11.6. The van der Waals surface area contributed by atoms with Crippen molar-refractivity contribution in [3.8, 4) is 12.1 Å². The first-order valence-corrected chi connectivity index (χ1v) is 5.92. The predicted molar refractivity (Wildman–Crippen MR) is 70.0 cm³/mol. The van der Waals surface area contributed by atoms with E-state index in [0.717, 1.165) is 0 Å². The normalized spacial score (nSPS) is 11.7. The third kappa shape index (κ3) is 1.98. The predicted octanol–water partition coefficient (Wildman–Crippen LogP) is 2.85. The maximum atomic E-state index is 9.45. The number of allylic oxidation sites excluding steroid dienone is 2. The molecular formula is C14H12N4O2. The van der Waals surface area contributed by atoms with E-state index in [0.29, 0.717) is 34.0 Å². The van der Waals surface area contributed by atoms with Crippen LogP contribution in [0.3, 0.4) is 0 Å². The van der Waals surface area contributed by atoms with Crippen LogP contribution in [0.1, 0.15) is 34.0 Å². The third-order valence-corrected chi connectivity index (χ3v) is 3.04. The molecule has 0 amide bonds. The molecule has 2 rings (SSSR count). The van der Waals surface area contributed by atoms with Crippen LogP contribution < -0.4 is 0 Å². The summed E-state index contributed by atoms with van der Waals surface area (Å²) in [4.78, 5) is 0. The number of hydrogen-bond donors (Lipinski definition) is 0. The summed E-state index contributed by atoms with van der Waals surface area (Å²) >= 11 is 0. The zero-order valence-corrected chi connectivity index (χ0v) is 11.6. The summed E-state index contributed by atoms with van der Waals surface area (Å²) in [6.07, 6.45) is 0. The fourth-order valence-corrected chi connectivity index (χ4v) is 2.15. The molecule has 0 bridgehead atoms. The van der Waals surface area contributed by atoms with Crippen molar-refractivity contribution < 1.29 is 9.05 Å². The molecule has 6 nitrogen and oxygen atoms in total. The Bertz CT molecular complexity index is 676. The van der Waals surface area contributed by atoms with Crippen molar-refractivity contribution in [3.63, 3.8) is 0 Å². The molecule has 2 aromatic rings. The van der Waals surface area contributed by atoms with Gasteiger partial charge in [-0.1, -0.05) is 10.3 Å². The molecule has 0 aliphatic carbocycles. The van der Waals surface area contributed by atoms with E-state index in [2.05, 4.69) is 22.5 Å². The number of nitrogens with zero attached hydrogens (tertiary/aromatic N) is 4. The Kier molecular flexibility index (Phi) is 3.41. The van der Waals surface area contributed by atoms with Gasteiger partial charge in [0, 0.05) is 0 Å². The molecular weight excluding hydrogens is 256 g/mol. The first-order chi connectivity index (χ1) is 9.51. The Morgan fingerprint density at radius 2 is 1.15 bits per heavy atom. The quantitative estimate of drug-likeness (QED) is 0.776. The van der Waals surface area contributed by atoms with E-state index in [1.165, 1.54) is 0 Å². The number of aryl methyl sites for hydroxylation is 4. The van der Waals surface area contributed by atoms with E-state index < -0.39 is 0 Å². The van der Waals surface area contributed by atoms with Crippen LogP contribution >= 0.6 is 0 Å². The van der Waals surface area contributed by atoms with Crippen molar-refractivity contribution in [2.24, 2.45) is 0 Å². The monoisotopic (exact) mass is 268 g/mol. The molecule has 0 saturated heterocycles. The molecule has 0 aliphatic rings. The molecule has 100 valence electrons. The van der Waals surface area contributed by atoms with Gasteiger partial charge in [-0.15, -0.1) is 0 Å². The van der Waals surface area contributed by atoms with Crippen LogP contribution in [0.4, 0.5) is 0 Å². The van der Waals surface area contributed by atoms with Gasteiger partial charge in [-0.05, 0) is 27.7 Å². The van der Waals surface area contributed by atoms with Gasteiger partial charge in [0.25, 0.3) is 0 Å². The summed E-state index contributed by atoms with van der Waals surface area (Å²) in [6, 6.07) is 4.14. The van der Waals surface area contributed by atoms with Crippen LogP contribution in [0, 0.1) is 50.4 Å². The van der Waals surface area contributed by atoms with Crippen molar-refractivity contribution in [1.29, 1.82) is 10.5 Å². The summed E-state index contributed by atoms with van der Waals surface area (Å²) in [5.74, 6) is 0.997. The summed E-state index contributed by atoms with van der Waals surface area (Å²) in [5.41, 5.74) is 2.67. The molecule has 0 radical (unpaired) electrons. The minimum atomic E-state index is 0.221. The highest BCUT2D eigenvalue weighted by atomic mass is 16.5. The highest BCUT2D eigenvalue weighted by molar-refractivity contribution is 6.04. The highest BCUT2D eigenvalue weighted by Gasteiger charge is 2.23. The second kappa shape index (κ2) is 5.02. The molecule has 0 fully saturated rings. The van der Waals surface area contributed by atoms with Crippen molar-refractivity contribution in [1.82, 2.24) is 10.3 Å². The lowest BCUT2D eigenvalue weighted by atomic mass is 9.94. The average molecular weight is 268 g/mol. The average Bonchev–Trinajstić information content (AvgIpc) is 2.92. The standard InChI is InChI=1S/C14H12N4O2/c1-7-13(9(3)19-17-7)11(5-15)12(6-16)14-8(2)18-20-10(14)4/h1-4H3. The lowest BCUT2D eigenvalue weighted by Crippen LogP contribution is -1.94. The minimum absolute atomic E-state index is 0.221. The van der Waals surface area contributed by atoms with Crippen LogP contribution in [0.2, 0.25) is 0 Å². The number of rotatable bonds is 2. The largest absolute Gasteiger partial charge is 0.361 e. The molecule has 0 atom stereocenters. The maximum Gasteiger partial charge on any atom is 0.142 e. The highest BCUT2D eigenvalue weighted by Crippen LogP contribution is 2.32. The van der Waals surface area contributed by atoms with E-state index in [-0.39, 0.29) is 11.1 Å². The van der Waals surface area contributed by atoms with Gasteiger partial charge >= 0.3 is 0 Å². The number of hydrogen-bond acceptors (Lipinski definition) is 6. The first kappa shape index (κ1) is 13.6. The summed E-state index contributed by atoms with van der Waals surface area (Å²) in [7, 11) is 0. The molecule has 0 N–H and O–H groups in total. The van der Waals surface area contributed by atoms with Gasteiger partial charge in [0.05, 0.1) is 33.7 Å². The Morgan fingerprint density at radius 1 is 0.800 bits per heavy atom. The fraction of sp³-hybridized carbons (Fsp3) is 0.286. The molecule has 2 heterocycles. The van der Waals surface area contributed by atoms with Gasteiger partial charge < -0.3 is 9.05 Å². The topological polar surface area (TPSA) is 99.6 Å². The van der Waals surface area contributed by atoms with Crippen LogP contribution in [-0.2, 0) is 0 Å². The summed E-state index contributed by atoms with van der Waals surface area (Å²) < 4.78 is 10.1. The van der Waals surface area contributed by atoms with Crippen molar-refractivity contribution in [2.45, 2.75) is 27.7 Å². The van der Waals surface area contributed by atoms with Crippen molar-refractivity contribution in [3.05, 3.63) is 34.0 Å². The molecule has 0 spiro atoms. The van der Waals surface area contributed by atoms with Crippen LogP contribution in [0.25, 0.3) is 11.1 Å². The summed E-state index contributed by atoms with van der Waals surface area (Å²) in [5, 5.41) is 26.5. The zero-order chi connectivity index (χ0) is 14.9. The van der Waals surface area contributed by atoms with Gasteiger partial charge in [0.1, 0.15) is 23.7 Å². The smallest absolute Gasteiger partial charge is 0.142 e.